The summed E-state index contributed by atoms with van der Waals surface area (Å²) in [6.45, 7) is 2.15. The van der Waals surface area contributed by atoms with Crippen molar-refractivity contribution in [1.82, 2.24) is 0 Å². The molecule has 1 unspecified atom stereocenters. The third-order valence-electron chi connectivity index (χ3n) is 3.12. The van der Waals surface area contributed by atoms with E-state index in [1.54, 1.807) is 12.1 Å². The van der Waals surface area contributed by atoms with Crippen LogP contribution < -0.4 is 4.90 Å². The van der Waals surface area contributed by atoms with Gasteiger partial charge in [-0.2, -0.15) is 0 Å². The van der Waals surface area contributed by atoms with Gasteiger partial charge in [0.15, 0.2) is 0 Å². The topological polar surface area (TPSA) is 23.5 Å². The van der Waals surface area contributed by atoms with E-state index in [2.05, 4.69) is 31.0 Å². The smallest absolute Gasteiger partial charge is 0.115 e. The lowest BCUT2D eigenvalue weighted by atomic mass is 10.1. The zero-order valence-corrected chi connectivity index (χ0v) is 10.2. The molecule has 1 atom stereocenters. The molecular formula is C15H17NO. The van der Waals surface area contributed by atoms with Crippen molar-refractivity contribution in [3.8, 4) is 5.75 Å². The highest BCUT2D eigenvalue weighted by molar-refractivity contribution is 5.47. The first kappa shape index (κ1) is 11.5. The first-order valence-corrected chi connectivity index (χ1v) is 5.75. The minimum Gasteiger partial charge on any atom is -0.508 e. The number of phenolic OH excluding ortho intramolecular Hbond substituents is 1. The predicted octanol–water partition coefficient (Wildman–Crippen LogP) is 3.59. The van der Waals surface area contributed by atoms with E-state index in [1.807, 2.05) is 30.3 Å². The largest absolute Gasteiger partial charge is 0.508 e. The molecule has 0 saturated carbocycles. The molecule has 0 saturated heterocycles. The standard InChI is InChI=1S/C15H17NO/c1-12(13-8-10-15(17)11-9-13)16(2)14-6-4-3-5-7-14/h3-12,17H,1-2H3. The van der Waals surface area contributed by atoms with Crippen molar-refractivity contribution in [2.45, 2.75) is 13.0 Å². The number of hydrogen-bond donors (Lipinski definition) is 1. The minimum absolute atomic E-state index is 0.276. The molecule has 0 radical (unpaired) electrons. The third-order valence-corrected chi connectivity index (χ3v) is 3.12. The van der Waals surface area contributed by atoms with Crippen LogP contribution in [0.5, 0.6) is 5.75 Å². The summed E-state index contributed by atoms with van der Waals surface area (Å²) in [7, 11) is 2.08. The van der Waals surface area contributed by atoms with Crippen molar-refractivity contribution >= 4 is 5.69 Å². The van der Waals surface area contributed by atoms with Crippen molar-refractivity contribution in [2.24, 2.45) is 0 Å². The lowest BCUT2D eigenvalue weighted by Crippen LogP contribution is -2.21. The summed E-state index contributed by atoms with van der Waals surface area (Å²) in [5.41, 5.74) is 2.38. The van der Waals surface area contributed by atoms with Crippen molar-refractivity contribution in [1.29, 1.82) is 0 Å². The molecule has 0 heterocycles. The Kier molecular flexibility index (Phi) is 3.33. The van der Waals surface area contributed by atoms with Crippen molar-refractivity contribution in [3.05, 3.63) is 60.2 Å². The van der Waals surface area contributed by atoms with Gasteiger partial charge in [0.25, 0.3) is 0 Å². The molecule has 0 aliphatic heterocycles. The van der Waals surface area contributed by atoms with E-state index in [0.717, 1.165) is 0 Å². The summed E-state index contributed by atoms with van der Waals surface area (Å²) in [6, 6.07) is 17.9. The van der Waals surface area contributed by atoms with Crippen LogP contribution >= 0.6 is 0 Å². The molecule has 2 heteroatoms. The van der Waals surface area contributed by atoms with E-state index in [4.69, 9.17) is 0 Å². The highest BCUT2D eigenvalue weighted by atomic mass is 16.3. The molecule has 0 bridgehead atoms. The SMILES string of the molecule is CC(c1ccc(O)cc1)N(C)c1ccccc1. The van der Waals surface area contributed by atoms with Crippen LogP contribution in [0, 0.1) is 0 Å². The van der Waals surface area contributed by atoms with Gasteiger partial charge in [0.2, 0.25) is 0 Å². The molecule has 17 heavy (non-hydrogen) atoms. The summed E-state index contributed by atoms with van der Waals surface area (Å²) in [4.78, 5) is 2.21. The van der Waals surface area contributed by atoms with Gasteiger partial charge in [-0.25, -0.2) is 0 Å². The fourth-order valence-electron chi connectivity index (χ4n) is 1.86. The van der Waals surface area contributed by atoms with Crippen molar-refractivity contribution in [2.75, 3.05) is 11.9 Å². The number of rotatable bonds is 3. The summed E-state index contributed by atoms with van der Waals surface area (Å²) < 4.78 is 0. The highest BCUT2D eigenvalue weighted by Crippen LogP contribution is 2.25. The summed E-state index contributed by atoms with van der Waals surface area (Å²) in [5, 5.41) is 9.28. The Labute approximate surface area is 102 Å². The summed E-state index contributed by atoms with van der Waals surface area (Å²) in [5.74, 6) is 0.309. The fourth-order valence-corrected chi connectivity index (χ4v) is 1.86. The van der Waals surface area contributed by atoms with Gasteiger partial charge in [-0.05, 0) is 36.8 Å². The molecule has 0 aromatic heterocycles. The molecule has 2 aromatic rings. The lowest BCUT2D eigenvalue weighted by Gasteiger charge is -2.27. The molecule has 88 valence electrons. The average molecular weight is 227 g/mol. The van der Waals surface area contributed by atoms with Crippen molar-refractivity contribution < 1.29 is 5.11 Å². The molecular weight excluding hydrogens is 210 g/mol. The predicted molar refractivity (Wildman–Crippen MR) is 71.4 cm³/mol. The third kappa shape index (κ3) is 2.59. The maximum Gasteiger partial charge on any atom is 0.115 e. The Morgan fingerprint density at radius 3 is 2.12 bits per heavy atom. The monoisotopic (exact) mass is 227 g/mol. The van der Waals surface area contributed by atoms with Crippen LogP contribution in [0.3, 0.4) is 0 Å². The Bertz CT molecular complexity index is 464. The number of anilines is 1. The van der Waals surface area contributed by atoms with E-state index < -0.39 is 0 Å². The van der Waals surface area contributed by atoms with Crippen LogP contribution in [0.1, 0.15) is 18.5 Å². The summed E-state index contributed by atoms with van der Waals surface area (Å²) >= 11 is 0. The molecule has 0 aliphatic carbocycles. The van der Waals surface area contributed by atoms with E-state index in [-0.39, 0.29) is 6.04 Å². The van der Waals surface area contributed by atoms with Crippen LogP contribution in [-0.2, 0) is 0 Å². The number of phenols is 1. The maximum absolute atomic E-state index is 9.28. The first-order valence-electron chi connectivity index (χ1n) is 5.75. The molecule has 2 rings (SSSR count). The van der Waals surface area contributed by atoms with E-state index >= 15 is 0 Å². The number of nitrogens with zero attached hydrogens (tertiary/aromatic N) is 1. The summed E-state index contributed by atoms with van der Waals surface area (Å²) in [6.07, 6.45) is 0. The van der Waals surface area contributed by atoms with Crippen LogP contribution in [0.2, 0.25) is 0 Å². The van der Waals surface area contributed by atoms with E-state index in [9.17, 15) is 5.11 Å². The van der Waals surface area contributed by atoms with Crippen LogP contribution in [0.15, 0.2) is 54.6 Å². The Balaban J connectivity index is 2.20. The van der Waals surface area contributed by atoms with Gasteiger partial charge in [-0.3, -0.25) is 0 Å². The highest BCUT2D eigenvalue weighted by Gasteiger charge is 2.11. The number of para-hydroxylation sites is 1. The molecule has 0 amide bonds. The first-order chi connectivity index (χ1) is 8.18. The Morgan fingerprint density at radius 2 is 1.53 bits per heavy atom. The number of benzene rings is 2. The molecule has 0 spiro atoms. The second-order valence-corrected chi connectivity index (χ2v) is 4.21. The number of hydrogen-bond acceptors (Lipinski definition) is 2. The van der Waals surface area contributed by atoms with Gasteiger partial charge >= 0.3 is 0 Å². The van der Waals surface area contributed by atoms with E-state index in [0.29, 0.717) is 5.75 Å². The second-order valence-electron chi connectivity index (χ2n) is 4.21. The van der Waals surface area contributed by atoms with Gasteiger partial charge in [0.05, 0.1) is 6.04 Å². The van der Waals surface area contributed by atoms with E-state index in [1.165, 1.54) is 11.3 Å². The van der Waals surface area contributed by atoms with Crippen LogP contribution in [-0.4, -0.2) is 12.2 Å². The average Bonchev–Trinajstić information content (AvgIpc) is 2.39. The molecule has 0 aliphatic rings. The number of aromatic hydroxyl groups is 1. The lowest BCUT2D eigenvalue weighted by molar-refractivity contribution is 0.475. The second kappa shape index (κ2) is 4.91. The van der Waals surface area contributed by atoms with Gasteiger partial charge in [-0.1, -0.05) is 30.3 Å². The Hall–Kier alpha value is -1.96. The van der Waals surface area contributed by atoms with Gasteiger partial charge < -0.3 is 10.0 Å². The Morgan fingerprint density at radius 1 is 0.941 bits per heavy atom. The zero-order chi connectivity index (χ0) is 12.3. The molecule has 0 fully saturated rings. The normalized spacial score (nSPS) is 12.1. The fraction of sp³-hybridized carbons (Fsp3) is 0.200. The van der Waals surface area contributed by atoms with Crippen LogP contribution in [0.4, 0.5) is 5.69 Å². The molecule has 2 aromatic carbocycles. The minimum atomic E-state index is 0.276. The molecule has 2 nitrogen and oxygen atoms in total. The van der Waals surface area contributed by atoms with Crippen molar-refractivity contribution in [3.63, 3.8) is 0 Å². The van der Waals surface area contributed by atoms with Crippen LogP contribution in [0.25, 0.3) is 0 Å². The maximum atomic E-state index is 9.28. The van der Waals surface area contributed by atoms with Gasteiger partial charge in [0, 0.05) is 12.7 Å². The zero-order valence-electron chi connectivity index (χ0n) is 10.2. The molecule has 1 N–H and O–H groups in total. The quantitative estimate of drug-likeness (QED) is 0.866. The van der Waals surface area contributed by atoms with Gasteiger partial charge in [-0.15, -0.1) is 0 Å². The van der Waals surface area contributed by atoms with Gasteiger partial charge in [0.1, 0.15) is 5.75 Å².